The van der Waals surface area contributed by atoms with Crippen LogP contribution in [0.15, 0.2) is 0 Å². The summed E-state index contributed by atoms with van der Waals surface area (Å²) in [5.74, 6) is 0.807. The minimum atomic E-state index is -0.225. The Labute approximate surface area is 81.7 Å². The predicted octanol–water partition coefficient (Wildman–Crippen LogP) is 2.66. The molecule has 0 unspecified atom stereocenters. The van der Waals surface area contributed by atoms with Gasteiger partial charge < -0.3 is 4.74 Å². The van der Waals surface area contributed by atoms with Gasteiger partial charge in [0.1, 0.15) is 5.78 Å². The van der Waals surface area contributed by atoms with Gasteiger partial charge in [0.15, 0.2) is 0 Å². The Morgan fingerprint density at radius 2 is 1.92 bits per heavy atom. The molecule has 78 valence electrons. The fraction of sp³-hybridized carbons (Fsp3) is 0.909. The molecule has 2 nitrogen and oxygen atoms in total. The molecule has 0 aromatic rings. The van der Waals surface area contributed by atoms with Crippen LogP contribution in [0.4, 0.5) is 0 Å². The van der Waals surface area contributed by atoms with Crippen LogP contribution in [0, 0.1) is 11.3 Å². The van der Waals surface area contributed by atoms with Gasteiger partial charge in [0, 0.05) is 18.6 Å². The number of ether oxygens (including phenoxy) is 1. The molecule has 0 fully saturated rings. The lowest BCUT2D eigenvalue weighted by Gasteiger charge is -2.20. The third-order valence-electron chi connectivity index (χ3n) is 2.28. The van der Waals surface area contributed by atoms with E-state index in [9.17, 15) is 4.79 Å². The molecule has 0 radical (unpaired) electrons. The van der Waals surface area contributed by atoms with E-state index in [1.165, 1.54) is 0 Å². The number of carbonyl (C=O) groups excluding carboxylic acids is 1. The van der Waals surface area contributed by atoms with E-state index in [-0.39, 0.29) is 11.2 Å². The summed E-state index contributed by atoms with van der Waals surface area (Å²) in [7, 11) is 0. The fourth-order valence-corrected chi connectivity index (χ4v) is 0.822. The number of carbonyl (C=O) groups is 1. The highest BCUT2D eigenvalue weighted by Gasteiger charge is 2.22. The van der Waals surface area contributed by atoms with Crippen molar-refractivity contribution in [2.24, 2.45) is 11.3 Å². The van der Waals surface area contributed by atoms with Crippen LogP contribution in [0.1, 0.15) is 41.0 Å². The average Bonchev–Trinajstić information content (AvgIpc) is 1.97. The SMILES string of the molecule is CC(=O)C(C)(C)CCOCC(C)C. The molecule has 0 N–H and O–H groups in total. The van der Waals surface area contributed by atoms with Crippen LogP contribution in [-0.4, -0.2) is 19.0 Å². The number of rotatable bonds is 6. The molecule has 0 aromatic heterocycles. The standard InChI is InChI=1S/C11H22O2/c1-9(2)8-13-7-6-11(4,5)10(3)12/h9H,6-8H2,1-5H3. The summed E-state index contributed by atoms with van der Waals surface area (Å²) in [6, 6.07) is 0. The topological polar surface area (TPSA) is 26.3 Å². The van der Waals surface area contributed by atoms with Crippen LogP contribution in [0.25, 0.3) is 0 Å². The van der Waals surface area contributed by atoms with E-state index < -0.39 is 0 Å². The molecule has 0 aliphatic carbocycles. The number of Topliss-reactive ketones (excluding diaryl/α,β-unsaturated/α-hetero) is 1. The van der Waals surface area contributed by atoms with E-state index in [0.29, 0.717) is 12.5 Å². The summed E-state index contributed by atoms with van der Waals surface area (Å²) in [5, 5.41) is 0. The molecule has 0 saturated heterocycles. The molecule has 2 heteroatoms. The monoisotopic (exact) mass is 186 g/mol. The number of hydrogen-bond acceptors (Lipinski definition) is 2. The van der Waals surface area contributed by atoms with Gasteiger partial charge in [0.25, 0.3) is 0 Å². The van der Waals surface area contributed by atoms with E-state index in [0.717, 1.165) is 13.0 Å². The van der Waals surface area contributed by atoms with Gasteiger partial charge in [-0.1, -0.05) is 27.7 Å². The highest BCUT2D eigenvalue weighted by molar-refractivity contribution is 5.81. The largest absolute Gasteiger partial charge is 0.381 e. The Kier molecular flexibility index (Phi) is 5.23. The lowest BCUT2D eigenvalue weighted by Crippen LogP contribution is -2.23. The van der Waals surface area contributed by atoms with Gasteiger partial charge in [-0.15, -0.1) is 0 Å². The molecular formula is C11H22O2. The first kappa shape index (κ1) is 12.6. The third kappa shape index (κ3) is 5.81. The number of hydrogen-bond donors (Lipinski definition) is 0. The Morgan fingerprint density at radius 1 is 1.38 bits per heavy atom. The van der Waals surface area contributed by atoms with E-state index in [4.69, 9.17) is 4.74 Å². The first-order valence-corrected chi connectivity index (χ1v) is 4.95. The molecule has 0 rings (SSSR count). The summed E-state index contributed by atoms with van der Waals surface area (Å²) in [6.07, 6.45) is 0.815. The normalized spacial score (nSPS) is 12.2. The Morgan fingerprint density at radius 3 is 2.31 bits per heavy atom. The first-order chi connectivity index (χ1) is 5.86. The molecule has 0 amide bonds. The zero-order chi connectivity index (χ0) is 10.5. The molecule has 0 saturated carbocycles. The summed E-state index contributed by atoms with van der Waals surface area (Å²) in [6.45, 7) is 11.3. The van der Waals surface area contributed by atoms with Crippen LogP contribution in [0.2, 0.25) is 0 Å². The molecule has 0 bridgehead atoms. The predicted molar refractivity (Wildman–Crippen MR) is 54.7 cm³/mol. The first-order valence-electron chi connectivity index (χ1n) is 4.95. The second-order valence-electron chi connectivity index (χ2n) is 4.66. The van der Waals surface area contributed by atoms with Gasteiger partial charge >= 0.3 is 0 Å². The summed E-state index contributed by atoms with van der Waals surface area (Å²) in [5.41, 5.74) is -0.225. The van der Waals surface area contributed by atoms with E-state index in [1.807, 2.05) is 13.8 Å². The van der Waals surface area contributed by atoms with Gasteiger partial charge in [-0.2, -0.15) is 0 Å². The highest BCUT2D eigenvalue weighted by atomic mass is 16.5. The van der Waals surface area contributed by atoms with Crippen LogP contribution in [-0.2, 0) is 9.53 Å². The zero-order valence-corrected chi connectivity index (χ0v) is 9.52. The molecule has 13 heavy (non-hydrogen) atoms. The van der Waals surface area contributed by atoms with Crippen molar-refractivity contribution >= 4 is 5.78 Å². The van der Waals surface area contributed by atoms with Gasteiger partial charge in [-0.3, -0.25) is 4.79 Å². The van der Waals surface area contributed by atoms with Crippen LogP contribution < -0.4 is 0 Å². The minimum Gasteiger partial charge on any atom is -0.381 e. The average molecular weight is 186 g/mol. The lowest BCUT2D eigenvalue weighted by molar-refractivity contribution is -0.125. The number of ketones is 1. The molecule has 0 heterocycles. The summed E-state index contributed by atoms with van der Waals surface area (Å²) < 4.78 is 5.43. The molecule has 0 aliphatic rings. The Balaban J connectivity index is 3.58. The Hall–Kier alpha value is -0.370. The quantitative estimate of drug-likeness (QED) is 0.596. The Bertz CT molecular complexity index is 159. The van der Waals surface area contributed by atoms with Gasteiger partial charge in [-0.25, -0.2) is 0 Å². The fourth-order valence-electron chi connectivity index (χ4n) is 0.822. The smallest absolute Gasteiger partial charge is 0.135 e. The van der Waals surface area contributed by atoms with E-state index >= 15 is 0 Å². The van der Waals surface area contributed by atoms with Crippen molar-refractivity contribution in [3.8, 4) is 0 Å². The van der Waals surface area contributed by atoms with Crippen LogP contribution in [0.3, 0.4) is 0 Å². The van der Waals surface area contributed by atoms with Crippen molar-refractivity contribution in [3.05, 3.63) is 0 Å². The molecule has 0 aliphatic heterocycles. The van der Waals surface area contributed by atoms with E-state index in [1.54, 1.807) is 6.92 Å². The zero-order valence-electron chi connectivity index (χ0n) is 9.52. The highest BCUT2D eigenvalue weighted by Crippen LogP contribution is 2.21. The van der Waals surface area contributed by atoms with E-state index in [2.05, 4.69) is 13.8 Å². The van der Waals surface area contributed by atoms with Crippen molar-refractivity contribution < 1.29 is 9.53 Å². The maximum absolute atomic E-state index is 11.1. The summed E-state index contributed by atoms with van der Waals surface area (Å²) in [4.78, 5) is 11.1. The second kappa shape index (κ2) is 5.38. The van der Waals surface area contributed by atoms with Gasteiger partial charge in [0.2, 0.25) is 0 Å². The summed E-state index contributed by atoms with van der Waals surface area (Å²) >= 11 is 0. The maximum atomic E-state index is 11.1. The van der Waals surface area contributed by atoms with Crippen molar-refractivity contribution in [1.82, 2.24) is 0 Å². The van der Waals surface area contributed by atoms with Gasteiger partial charge in [-0.05, 0) is 19.3 Å². The van der Waals surface area contributed by atoms with Crippen molar-refractivity contribution in [2.45, 2.75) is 41.0 Å². The van der Waals surface area contributed by atoms with Crippen molar-refractivity contribution in [1.29, 1.82) is 0 Å². The molecule has 0 atom stereocenters. The third-order valence-corrected chi connectivity index (χ3v) is 2.28. The van der Waals surface area contributed by atoms with Crippen molar-refractivity contribution in [3.63, 3.8) is 0 Å². The lowest BCUT2D eigenvalue weighted by atomic mass is 9.86. The van der Waals surface area contributed by atoms with Gasteiger partial charge in [0.05, 0.1) is 0 Å². The van der Waals surface area contributed by atoms with Crippen LogP contribution >= 0.6 is 0 Å². The molecular weight excluding hydrogens is 164 g/mol. The molecule has 0 spiro atoms. The van der Waals surface area contributed by atoms with Crippen molar-refractivity contribution in [2.75, 3.05) is 13.2 Å². The maximum Gasteiger partial charge on any atom is 0.135 e. The minimum absolute atomic E-state index is 0.225. The van der Waals surface area contributed by atoms with Crippen LogP contribution in [0.5, 0.6) is 0 Å². The second-order valence-corrected chi connectivity index (χ2v) is 4.66. The molecule has 0 aromatic carbocycles.